The first-order chi connectivity index (χ1) is 12.7. The number of amides is 1. The normalized spacial score (nSPS) is 12.7. The molecular weight excluding hydrogens is 362 g/mol. The Morgan fingerprint density at radius 2 is 1.56 bits per heavy atom. The number of nitrogens with zero attached hydrogens (tertiary/aromatic N) is 2. The molecule has 0 saturated heterocycles. The average molecular weight is 390 g/mol. The zero-order valence-corrected chi connectivity index (χ0v) is 17.2. The minimum absolute atomic E-state index is 0.0745. The average Bonchev–Trinajstić information content (AvgIpc) is 2.66. The van der Waals surface area contributed by atoms with Gasteiger partial charge >= 0.3 is 10.2 Å². The maximum absolute atomic E-state index is 12.6. The molecule has 0 unspecified atom stereocenters. The molecule has 27 heavy (non-hydrogen) atoms. The fraction of sp³-hybridized carbons (Fsp3) is 0.350. The van der Waals surface area contributed by atoms with Crippen molar-refractivity contribution in [3.63, 3.8) is 0 Å². The number of anilines is 1. The number of carbonyl (C=O) groups excluding carboxylic acids is 1. The second-order valence-corrected chi connectivity index (χ2v) is 8.82. The monoisotopic (exact) mass is 389 g/mol. The zero-order valence-electron chi connectivity index (χ0n) is 16.4. The van der Waals surface area contributed by atoms with Gasteiger partial charge in [0.25, 0.3) is 5.91 Å². The van der Waals surface area contributed by atoms with Crippen LogP contribution in [0.3, 0.4) is 0 Å². The van der Waals surface area contributed by atoms with Gasteiger partial charge in [-0.05, 0) is 43.2 Å². The van der Waals surface area contributed by atoms with E-state index in [0.717, 1.165) is 16.3 Å². The van der Waals surface area contributed by atoms with Gasteiger partial charge in [-0.3, -0.25) is 9.10 Å². The zero-order chi connectivity index (χ0) is 20.2. The Morgan fingerprint density at radius 3 is 2.04 bits per heavy atom. The van der Waals surface area contributed by atoms with Gasteiger partial charge in [-0.2, -0.15) is 12.7 Å². The maximum Gasteiger partial charge on any atom is 0.303 e. The van der Waals surface area contributed by atoms with E-state index in [4.69, 9.17) is 0 Å². The maximum atomic E-state index is 12.6. The summed E-state index contributed by atoms with van der Waals surface area (Å²) >= 11 is 0. The number of aryl methyl sites for hydroxylation is 1. The van der Waals surface area contributed by atoms with Crippen LogP contribution in [0.25, 0.3) is 0 Å². The third-order valence-electron chi connectivity index (χ3n) is 4.49. The molecule has 2 aromatic carbocycles. The number of benzene rings is 2. The molecule has 0 spiro atoms. The third-order valence-corrected chi connectivity index (χ3v) is 6.32. The van der Waals surface area contributed by atoms with Crippen LogP contribution in [0.1, 0.15) is 40.9 Å². The van der Waals surface area contributed by atoms with E-state index in [0.29, 0.717) is 11.3 Å². The van der Waals surface area contributed by atoms with Crippen molar-refractivity contribution in [3.8, 4) is 0 Å². The summed E-state index contributed by atoms with van der Waals surface area (Å²) in [6.45, 7) is 4.05. The van der Waals surface area contributed by atoms with Crippen LogP contribution in [0, 0.1) is 6.92 Å². The molecule has 0 radical (unpaired) electrons. The number of hydrogen-bond acceptors (Lipinski definition) is 3. The largest absolute Gasteiger partial charge is 0.345 e. The summed E-state index contributed by atoms with van der Waals surface area (Å²) in [5, 5.41) is 3.04. The molecule has 2 aromatic rings. The highest BCUT2D eigenvalue weighted by Crippen LogP contribution is 2.20. The molecule has 6 nitrogen and oxygen atoms in total. The van der Waals surface area contributed by atoms with E-state index in [-0.39, 0.29) is 11.9 Å². The number of rotatable bonds is 7. The fourth-order valence-electron chi connectivity index (χ4n) is 2.66. The van der Waals surface area contributed by atoms with Crippen LogP contribution in [0.15, 0.2) is 48.5 Å². The molecule has 0 saturated carbocycles. The van der Waals surface area contributed by atoms with Crippen LogP contribution < -0.4 is 9.62 Å². The Kier molecular flexibility index (Phi) is 6.62. The summed E-state index contributed by atoms with van der Waals surface area (Å²) in [6.07, 6.45) is 0.775. The fourth-order valence-corrected chi connectivity index (χ4v) is 3.54. The van der Waals surface area contributed by atoms with Crippen molar-refractivity contribution >= 4 is 21.8 Å². The van der Waals surface area contributed by atoms with Crippen molar-refractivity contribution < 1.29 is 13.2 Å². The summed E-state index contributed by atoms with van der Waals surface area (Å²) in [5.41, 5.74) is 3.21. The van der Waals surface area contributed by atoms with Crippen LogP contribution in [0.5, 0.6) is 0 Å². The molecule has 0 bridgehead atoms. The first-order valence-electron chi connectivity index (χ1n) is 8.80. The van der Waals surface area contributed by atoms with Gasteiger partial charge in [-0.1, -0.05) is 36.8 Å². The van der Waals surface area contributed by atoms with E-state index in [1.807, 2.05) is 38.1 Å². The molecule has 146 valence electrons. The van der Waals surface area contributed by atoms with Crippen molar-refractivity contribution in [1.82, 2.24) is 9.62 Å². The Morgan fingerprint density at radius 1 is 1.00 bits per heavy atom. The van der Waals surface area contributed by atoms with E-state index in [1.165, 1.54) is 31.0 Å². The first-order valence-corrected chi connectivity index (χ1v) is 10.2. The third kappa shape index (κ3) is 4.87. The lowest BCUT2D eigenvalue weighted by molar-refractivity contribution is 0.0935. The highest BCUT2D eigenvalue weighted by molar-refractivity contribution is 7.90. The van der Waals surface area contributed by atoms with Crippen LogP contribution in [0.4, 0.5) is 5.69 Å². The summed E-state index contributed by atoms with van der Waals surface area (Å²) in [6, 6.07) is 14.5. The molecule has 0 fully saturated rings. The van der Waals surface area contributed by atoms with Gasteiger partial charge in [-0.15, -0.1) is 0 Å². The number of nitrogens with one attached hydrogen (secondary N) is 1. The van der Waals surface area contributed by atoms with Gasteiger partial charge in [-0.25, -0.2) is 0 Å². The van der Waals surface area contributed by atoms with Crippen molar-refractivity contribution in [2.24, 2.45) is 0 Å². The van der Waals surface area contributed by atoms with Gasteiger partial charge in [0.15, 0.2) is 0 Å². The van der Waals surface area contributed by atoms with Crippen LogP contribution >= 0.6 is 0 Å². The molecule has 2 rings (SSSR count). The van der Waals surface area contributed by atoms with Gasteiger partial charge in [0.1, 0.15) is 0 Å². The molecular formula is C20H27N3O3S. The van der Waals surface area contributed by atoms with Crippen molar-refractivity contribution in [2.75, 3.05) is 25.4 Å². The standard InChI is InChI=1S/C20H27N3O3S/c1-6-19(16-9-7-15(2)8-10-16)21-20(24)17-11-13-18(14-12-17)23(5)27(25,26)22(3)4/h7-14,19H,6H2,1-5H3,(H,21,24)/t19-/m0/s1. The van der Waals surface area contributed by atoms with Crippen LogP contribution in [0.2, 0.25) is 0 Å². The van der Waals surface area contributed by atoms with E-state index in [2.05, 4.69) is 5.32 Å². The van der Waals surface area contributed by atoms with Crippen LogP contribution in [-0.4, -0.2) is 39.8 Å². The summed E-state index contributed by atoms with van der Waals surface area (Å²) in [7, 11) is 0.873. The Bertz CT molecular complexity index is 876. The molecule has 1 atom stereocenters. The summed E-state index contributed by atoms with van der Waals surface area (Å²) < 4.78 is 26.7. The smallest absolute Gasteiger partial charge is 0.303 e. The highest BCUT2D eigenvalue weighted by Gasteiger charge is 2.21. The predicted molar refractivity (Wildman–Crippen MR) is 109 cm³/mol. The van der Waals surface area contributed by atoms with E-state index in [9.17, 15) is 13.2 Å². The highest BCUT2D eigenvalue weighted by atomic mass is 32.2. The summed E-state index contributed by atoms with van der Waals surface area (Å²) in [5.74, 6) is -0.188. The van der Waals surface area contributed by atoms with Gasteiger partial charge in [0.05, 0.1) is 11.7 Å². The molecule has 1 N–H and O–H groups in total. The number of carbonyl (C=O) groups is 1. The van der Waals surface area contributed by atoms with Crippen LogP contribution in [-0.2, 0) is 10.2 Å². The van der Waals surface area contributed by atoms with Crippen molar-refractivity contribution in [2.45, 2.75) is 26.3 Å². The molecule has 0 aliphatic heterocycles. The second kappa shape index (κ2) is 8.54. The predicted octanol–water partition coefficient (Wildman–Crippen LogP) is 3.12. The molecule has 0 aromatic heterocycles. The van der Waals surface area contributed by atoms with Gasteiger partial charge in [0.2, 0.25) is 0 Å². The summed E-state index contributed by atoms with van der Waals surface area (Å²) in [4.78, 5) is 12.6. The van der Waals surface area contributed by atoms with Crippen molar-refractivity contribution in [3.05, 3.63) is 65.2 Å². The van der Waals surface area contributed by atoms with Crippen molar-refractivity contribution in [1.29, 1.82) is 0 Å². The Hall–Kier alpha value is -2.38. The first kappa shape index (κ1) is 20.9. The molecule has 1 amide bonds. The molecule has 7 heteroatoms. The SMILES string of the molecule is CC[C@H](NC(=O)c1ccc(N(C)S(=O)(=O)N(C)C)cc1)c1ccc(C)cc1. The minimum atomic E-state index is -3.56. The Labute approximate surface area is 162 Å². The molecule has 0 aliphatic carbocycles. The minimum Gasteiger partial charge on any atom is -0.345 e. The Balaban J connectivity index is 2.14. The number of hydrogen-bond donors (Lipinski definition) is 1. The van der Waals surface area contributed by atoms with E-state index < -0.39 is 10.2 Å². The lowest BCUT2D eigenvalue weighted by atomic mass is 10.0. The van der Waals surface area contributed by atoms with E-state index >= 15 is 0 Å². The second-order valence-electron chi connectivity index (χ2n) is 6.65. The topological polar surface area (TPSA) is 69.7 Å². The molecule has 0 heterocycles. The lowest BCUT2D eigenvalue weighted by Crippen LogP contribution is -2.37. The molecule has 0 aliphatic rings. The quantitative estimate of drug-likeness (QED) is 0.791. The van der Waals surface area contributed by atoms with E-state index in [1.54, 1.807) is 24.3 Å². The van der Waals surface area contributed by atoms with Gasteiger partial charge < -0.3 is 5.32 Å². The lowest BCUT2D eigenvalue weighted by Gasteiger charge is -2.23. The van der Waals surface area contributed by atoms with Gasteiger partial charge in [0, 0.05) is 26.7 Å².